The first kappa shape index (κ1) is 12.0. The van der Waals surface area contributed by atoms with Gasteiger partial charge in [0.05, 0.1) is 12.0 Å². The Morgan fingerprint density at radius 2 is 2.11 bits per heavy atom. The zero-order chi connectivity index (χ0) is 13.0. The molecule has 0 radical (unpaired) electrons. The molecule has 1 heterocycles. The van der Waals surface area contributed by atoms with E-state index in [1.54, 1.807) is 0 Å². The molecule has 98 valence electrons. The zero-order valence-corrected chi connectivity index (χ0v) is 10.8. The van der Waals surface area contributed by atoms with Gasteiger partial charge in [-0.3, -0.25) is 4.79 Å². The molecule has 0 spiro atoms. The van der Waals surface area contributed by atoms with Crippen LogP contribution in [-0.4, -0.2) is 23.3 Å². The fraction of sp³-hybridized carbons (Fsp3) is 0.667. The first-order valence-corrected chi connectivity index (χ1v) is 6.75. The maximum atomic E-state index is 11.8. The topological polar surface area (TPSA) is 46.5 Å². The van der Waals surface area contributed by atoms with Crippen molar-refractivity contribution < 1.29 is 14.6 Å². The van der Waals surface area contributed by atoms with Crippen LogP contribution in [-0.2, 0) is 9.53 Å². The van der Waals surface area contributed by atoms with Crippen LogP contribution in [0.15, 0.2) is 24.3 Å². The molecule has 2 saturated carbocycles. The van der Waals surface area contributed by atoms with Gasteiger partial charge in [0.25, 0.3) is 0 Å². The quantitative estimate of drug-likeness (QED) is 0.527. The molecule has 3 heteroatoms. The van der Waals surface area contributed by atoms with Gasteiger partial charge < -0.3 is 9.84 Å². The number of aliphatic hydroxyl groups is 1. The van der Waals surface area contributed by atoms with Crippen molar-refractivity contribution in [2.24, 2.45) is 23.7 Å². The molecule has 18 heavy (non-hydrogen) atoms. The highest BCUT2D eigenvalue weighted by atomic mass is 16.6. The summed E-state index contributed by atoms with van der Waals surface area (Å²) in [5, 5.41) is 10.0. The van der Waals surface area contributed by atoms with Crippen LogP contribution in [0.3, 0.4) is 0 Å². The summed E-state index contributed by atoms with van der Waals surface area (Å²) < 4.78 is 5.59. The normalized spacial score (nSPS) is 47.6. The Morgan fingerprint density at radius 1 is 1.39 bits per heavy atom. The van der Waals surface area contributed by atoms with Gasteiger partial charge in [0.2, 0.25) is 0 Å². The SMILES string of the molecule is C=C1[C@@H]2[C@H]3OC(=O)[C@@H](C)[C@H]3CCC(=C)[C@@H]2C[C@@H]1O. The molecule has 1 aliphatic heterocycles. The van der Waals surface area contributed by atoms with Gasteiger partial charge in [-0.25, -0.2) is 0 Å². The van der Waals surface area contributed by atoms with E-state index in [0.717, 1.165) is 18.4 Å². The number of ether oxygens (including phenoxy) is 1. The predicted molar refractivity (Wildman–Crippen MR) is 67.7 cm³/mol. The monoisotopic (exact) mass is 248 g/mol. The first-order chi connectivity index (χ1) is 8.50. The van der Waals surface area contributed by atoms with Gasteiger partial charge in [-0.2, -0.15) is 0 Å². The van der Waals surface area contributed by atoms with Gasteiger partial charge in [-0.15, -0.1) is 0 Å². The number of aliphatic hydroxyl groups excluding tert-OH is 1. The zero-order valence-electron chi connectivity index (χ0n) is 10.8. The fourth-order valence-corrected chi connectivity index (χ4v) is 3.96. The summed E-state index contributed by atoms with van der Waals surface area (Å²) in [6.45, 7) is 10.1. The van der Waals surface area contributed by atoms with Crippen molar-refractivity contribution in [3.05, 3.63) is 24.3 Å². The van der Waals surface area contributed by atoms with E-state index in [2.05, 4.69) is 13.2 Å². The van der Waals surface area contributed by atoms with Crippen LogP contribution in [0.5, 0.6) is 0 Å². The van der Waals surface area contributed by atoms with E-state index in [4.69, 9.17) is 4.74 Å². The van der Waals surface area contributed by atoms with Gasteiger partial charge in [0.15, 0.2) is 0 Å². The number of esters is 1. The molecule has 0 aromatic rings. The van der Waals surface area contributed by atoms with Crippen molar-refractivity contribution in [3.8, 4) is 0 Å². The van der Waals surface area contributed by atoms with Crippen LogP contribution in [0, 0.1) is 23.7 Å². The van der Waals surface area contributed by atoms with Crippen molar-refractivity contribution in [2.75, 3.05) is 0 Å². The average Bonchev–Trinajstić information content (AvgIpc) is 2.72. The number of carbonyl (C=O) groups excluding carboxylic acids is 1. The summed E-state index contributed by atoms with van der Waals surface area (Å²) in [6.07, 6.45) is 2.03. The molecule has 0 unspecified atom stereocenters. The molecule has 3 nitrogen and oxygen atoms in total. The lowest BCUT2D eigenvalue weighted by Crippen LogP contribution is -2.29. The minimum absolute atomic E-state index is 0.0351. The summed E-state index contributed by atoms with van der Waals surface area (Å²) >= 11 is 0. The Bertz CT molecular complexity index is 425. The van der Waals surface area contributed by atoms with E-state index < -0.39 is 6.10 Å². The molecule has 2 aliphatic carbocycles. The second kappa shape index (κ2) is 3.95. The lowest BCUT2D eigenvalue weighted by molar-refractivity contribution is -0.145. The molecule has 0 aromatic carbocycles. The van der Waals surface area contributed by atoms with Crippen LogP contribution in [0.2, 0.25) is 0 Å². The molecular weight excluding hydrogens is 228 g/mol. The van der Waals surface area contributed by atoms with Gasteiger partial charge in [0, 0.05) is 11.8 Å². The van der Waals surface area contributed by atoms with Crippen LogP contribution in [0.25, 0.3) is 0 Å². The summed E-state index contributed by atoms with van der Waals surface area (Å²) in [5.74, 6) is 0.443. The number of fused-ring (bicyclic) bond motifs is 3. The van der Waals surface area contributed by atoms with Crippen molar-refractivity contribution in [1.82, 2.24) is 0 Å². The molecule has 1 N–H and O–H groups in total. The summed E-state index contributed by atoms with van der Waals surface area (Å²) in [6, 6.07) is 0. The van der Waals surface area contributed by atoms with Crippen LogP contribution >= 0.6 is 0 Å². The molecule has 0 bridgehead atoms. The summed E-state index contributed by atoms with van der Waals surface area (Å²) in [4.78, 5) is 11.8. The minimum Gasteiger partial charge on any atom is -0.461 e. The second-order valence-electron chi connectivity index (χ2n) is 6.01. The van der Waals surface area contributed by atoms with E-state index in [0.29, 0.717) is 6.42 Å². The van der Waals surface area contributed by atoms with E-state index >= 15 is 0 Å². The third-order valence-corrected chi connectivity index (χ3v) is 5.13. The molecule has 1 saturated heterocycles. The summed E-state index contributed by atoms with van der Waals surface area (Å²) in [7, 11) is 0. The molecule has 3 rings (SSSR count). The van der Waals surface area contributed by atoms with Crippen molar-refractivity contribution >= 4 is 5.97 Å². The van der Waals surface area contributed by atoms with E-state index in [-0.39, 0.29) is 35.7 Å². The molecule has 3 fully saturated rings. The average molecular weight is 248 g/mol. The van der Waals surface area contributed by atoms with Crippen LogP contribution < -0.4 is 0 Å². The Hall–Kier alpha value is -1.09. The smallest absolute Gasteiger partial charge is 0.309 e. The Morgan fingerprint density at radius 3 is 2.83 bits per heavy atom. The Labute approximate surface area is 108 Å². The molecule has 0 aromatic heterocycles. The van der Waals surface area contributed by atoms with Crippen molar-refractivity contribution in [1.29, 1.82) is 0 Å². The number of hydrogen-bond acceptors (Lipinski definition) is 3. The lowest BCUT2D eigenvalue weighted by atomic mass is 9.80. The van der Waals surface area contributed by atoms with Gasteiger partial charge in [-0.05, 0) is 30.8 Å². The third-order valence-electron chi connectivity index (χ3n) is 5.13. The van der Waals surface area contributed by atoms with Gasteiger partial charge >= 0.3 is 5.97 Å². The van der Waals surface area contributed by atoms with Crippen molar-refractivity contribution in [3.63, 3.8) is 0 Å². The minimum atomic E-state index is -0.467. The van der Waals surface area contributed by atoms with Crippen LogP contribution in [0.4, 0.5) is 0 Å². The number of hydrogen-bond donors (Lipinski definition) is 1. The molecule has 0 amide bonds. The fourth-order valence-electron chi connectivity index (χ4n) is 3.96. The maximum Gasteiger partial charge on any atom is 0.309 e. The van der Waals surface area contributed by atoms with Crippen LogP contribution in [0.1, 0.15) is 26.2 Å². The van der Waals surface area contributed by atoms with Gasteiger partial charge in [0.1, 0.15) is 6.10 Å². The highest BCUT2D eigenvalue weighted by molar-refractivity contribution is 5.75. The van der Waals surface area contributed by atoms with Crippen molar-refractivity contribution in [2.45, 2.75) is 38.4 Å². The van der Waals surface area contributed by atoms with Gasteiger partial charge in [-0.1, -0.05) is 25.7 Å². The Kier molecular flexibility index (Phi) is 2.63. The highest BCUT2D eigenvalue weighted by Gasteiger charge is 2.53. The molecule has 6 atom stereocenters. The standard InChI is InChI=1S/C15H20O3/c1-7-4-5-10-8(2)15(17)18-14(10)13-9(3)12(16)6-11(7)13/h8,10-14,16H,1,3-6H2,2H3/t8-,10+,11-,12-,13-,14-/m0/s1. The van der Waals surface area contributed by atoms with E-state index in [9.17, 15) is 9.90 Å². The third kappa shape index (κ3) is 1.50. The molecule has 3 aliphatic rings. The lowest BCUT2D eigenvalue weighted by Gasteiger charge is -2.26. The number of carbonyl (C=O) groups is 1. The van der Waals surface area contributed by atoms with E-state index in [1.807, 2.05) is 6.92 Å². The number of rotatable bonds is 0. The Balaban J connectivity index is 1.98. The maximum absolute atomic E-state index is 11.8. The number of allylic oxidation sites excluding steroid dienone is 1. The largest absolute Gasteiger partial charge is 0.461 e. The first-order valence-electron chi connectivity index (χ1n) is 6.75. The summed E-state index contributed by atoms with van der Waals surface area (Å²) in [5.41, 5.74) is 2.02. The highest BCUT2D eigenvalue weighted by Crippen LogP contribution is 2.52. The predicted octanol–water partition coefficient (Wildman–Crippen LogP) is 2.07. The van der Waals surface area contributed by atoms with E-state index in [1.165, 1.54) is 5.57 Å². The second-order valence-corrected chi connectivity index (χ2v) is 6.01. The molecular formula is C15H20O3.